The number of hydrogen-bond donors (Lipinski definition) is 1. The van der Waals surface area contributed by atoms with Gasteiger partial charge in [-0.1, -0.05) is 38.4 Å². The van der Waals surface area contributed by atoms with Crippen molar-refractivity contribution in [3.05, 3.63) is 28.8 Å². The highest BCUT2D eigenvalue weighted by Gasteiger charge is 2.21. The standard InChI is InChI=1S/C13H20ClNO/c1-9-5-6-10(14)7-11(9)16-8-12(15)13(2,3)4/h5-7,12H,8,15H2,1-4H3. The van der Waals surface area contributed by atoms with Crippen LogP contribution in [0.15, 0.2) is 18.2 Å². The van der Waals surface area contributed by atoms with Gasteiger partial charge in [0.05, 0.1) is 0 Å². The molecule has 1 aromatic carbocycles. The molecule has 0 bridgehead atoms. The van der Waals surface area contributed by atoms with E-state index in [2.05, 4.69) is 20.8 Å². The Morgan fingerprint density at radius 3 is 2.56 bits per heavy atom. The quantitative estimate of drug-likeness (QED) is 0.880. The van der Waals surface area contributed by atoms with Crippen molar-refractivity contribution in [2.24, 2.45) is 11.1 Å². The normalized spacial score (nSPS) is 13.6. The van der Waals surface area contributed by atoms with E-state index >= 15 is 0 Å². The number of benzene rings is 1. The highest BCUT2D eigenvalue weighted by Crippen LogP contribution is 2.24. The second-order valence-corrected chi connectivity index (χ2v) is 5.63. The summed E-state index contributed by atoms with van der Waals surface area (Å²) in [7, 11) is 0. The van der Waals surface area contributed by atoms with E-state index in [1.54, 1.807) is 0 Å². The first-order chi connectivity index (χ1) is 7.30. The molecule has 0 aliphatic rings. The minimum Gasteiger partial charge on any atom is -0.492 e. The molecule has 16 heavy (non-hydrogen) atoms. The van der Waals surface area contributed by atoms with Crippen molar-refractivity contribution in [3.8, 4) is 5.75 Å². The van der Waals surface area contributed by atoms with Crippen molar-refractivity contribution in [1.29, 1.82) is 0 Å². The molecule has 3 heteroatoms. The predicted molar refractivity (Wildman–Crippen MR) is 69.1 cm³/mol. The van der Waals surface area contributed by atoms with Gasteiger partial charge in [-0.3, -0.25) is 0 Å². The summed E-state index contributed by atoms with van der Waals surface area (Å²) in [4.78, 5) is 0. The molecule has 0 aliphatic carbocycles. The maximum absolute atomic E-state index is 6.03. The van der Waals surface area contributed by atoms with Crippen LogP contribution in [0.5, 0.6) is 5.75 Å². The summed E-state index contributed by atoms with van der Waals surface area (Å²) in [6.07, 6.45) is 0. The van der Waals surface area contributed by atoms with Crippen LogP contribution in [0.3, 0.4) is 0 Å². The molecule has 1 aromatic rings. The molecule has 0 saturated heterocycles. The van der Waals surface area contributed by atoms with E-state index in [4.69, 9.17) is 22.1 Å². The van der Waals surface area contributed by atoms with Crippen molar-refractivity contribution in [1.82, 2.24) is 0 Å². The maximum Gasteiger partial charge on any atom is 0.123 e. The fraction of sp³-hybridized carbons (Fsp3) is 0.538. The molecule has 0 aromatic heterocycles. The number of ether oxygens (including phenoxy) is 1. The van der Waals surface area contributed by atoms with Crippen LogP contribution in [0, 0.1) is 12.3 Å². The van der Waals surface area contributed by atoms with Crippen LogP contribution in [0.2, 0.25) is 5.02 Å². The third kappa shape index (κ3) is 3.69. The molecule has 0 saturated carbocycles. The lowest BCUT2D eigenvalue weighted by Crippen LogP contribution is -2.40. The van der Waals surface area contributed by atoms with Crippen molar-refractivity contribution in [2.45, 2.75) is 33.7 Å². The van der Waals surface area contributed by atoms with E-state index in [-0.39, 0.29) is 11.5 Å². The van der Waals surface area contributed by atoms with Crippen molar-refractivity contribution >= 4 is 11.6 Å². The Labute approximate surface area is 103 Å². The zero-order chi connectivity index (χ0) is 12.3. The zero-order valence-electron chi connectivity index (χ0n) is 10.4. The Morgan fingerprint density at radius 1 is 1.38 bits per heavy atom. The van der Waals surface area contributed by atoms with Gasteiger partial charge in [-0.05, 0) is 30.0 Å². The van der Waals surface area contributed by atoms with E-state index in [1.807, 2.05) is 25.1 Å². The van der Waals surface area contributed by atoms with Gasteiger partial charge >= 0.3 is 0 Å². The first-order valence-electron chi connectivity index (χ1n) is 5.45. The second kappa shape index (κ2) is 5.07. The Hall–Kier alpha value is -0.730. The predicted octanol–water partition coefficient (Wildman–Crippen LogP) is 3.40. The molecular weight excluding hydrogens is 222 g/mol. The third-order valence-corrected chi connectivity index (χ3v) is 2.92. The highest BCUT2D eigenvalue weighted by molar-refractivity contribution is 6.30. The van der Waals surface area contributed by atoms with E-state index in [0.717, 1.165) is 11.3 Å². The summed E-state index contributed by atoms with van der Waals surface area (Å²) in [5, 5.41) is 0.685. The molecule has 2 N–H and O–H groups in total. The first-order valence-corrected chi connectivity index (χ1v) is 5.83. The largest absolute Gasteiger partial charge is 0.492 e. The molecule has 0 heterocycles. The molecule has 1 rings (SSSR count). The van der Waals surface area contributed by atoms with Gasteiger partial charge < -0.3 is 10.5 Å². The molecular formula is C13H20ClNO. The molecule has 0 fully saturated rings. The van der Waals surface area contributed by atoms with Gasteiger partial charge in [0.25, 0.3) is 0 Å². The molecule has 0 radical (unpaired) electrons. The lowest BCUT2D eigenvalue weighted by Gasteiger charge is -2.27. The van der Waals surface area contributed by atoms with Crippen LogP contribution in [0.25, 0.3) is 0 Å². The summed E-state index contributed by atoms with van der Waals surface area (Å²) >= 11 is 5.91. The minimum atomic E-state index is 0.00545. The topological polar surface area (TPSA) is 35.2 Å². The van der Waals surface area contributed by atoms with E-state index in [0.29, 0.717) is 11.6 Å². The summed E-state index contributed by atoms with van der Waals surface area (Å²) in [5.74, 6) is 0.812. The summed E-state index contributed by atoms with van der Waals surface area (Å²) in [6.45, 7) is 8.81. The average molecular weight is 242 g/mol. The highest BCUT2D eigenvalue weighted by atomic mass is 35.5. The second-order valence-electron chi connectivity index (χ2n) is 5.19. The summed E-state index contributed by atoms with van der Waals surface area (Å²) < 4.78 is 5.70. The summed E-state index contributed by atoms with van der Waals surface area (Å²) in [5.41, 5.74) is 7.15. The van der Waals surface area contributed by atoms with Crippen LogP contribution >= 0.6 is 11.6 Å². The minimum absolute atomic E-state index is 0.00545. The van der Waals surface area contributed by atoms with Gasteiger partial charge in [0, 0.05) is 11.1 Å². The Kier molecular flexibility index (Phi) is 4.22. The van der Waals surface area contributed by atoms with Crippen LogP contribution in [0.1, 0.15) is 26.3 Å². The Bertz CT molecular complexity index is 357. The van der Waals surface area contributed by atoms with Gasteiger partial charge in [-0.2, -0.15) is 0 Å². The van der Waals surface area contributed by atoms with Gasteiger partial charge in [0.2, 0.25) is 0 Å². The van der Waals surface area contributed by atoms with Gasteiger partial charge in [0.15, 0.2) is 0 Å². The number of hydrogen-bond acceptors (Lipinski definition) is 2. The molecule has 1 unspecified atom stereocenters. The Morgan fingerprint density at radius 2 is 2.00 bits per heavy atom. The van der Waals surface area contributed by atoms with E-state index in [1.165, 1.54) is 0 Å². The van der Waals surface area contributed by atoms with Crippen molar-refractivity contribution in [2.75, 3.05) is 6.61 Å². The molecule has 0 amide bonds. The van der Waals surface area contributed by atoms with Crippen LogP contribution < -0.4 is 10.5 Å². The number of rotatable bonds is 3. The van der Waals surface area contributed by atoms with Crippen LogP contribution in [0.4, 0.5) is 0 Å². The van der Waals surface area contributed by atoms with E-state index in [9.17, 15) is 0 Å². The molecule has 0 aliphatic heterocycles. The Balaban J connectivity index is 2.64. The number of aryl methyl sites for hydroxylation is 1. The lowest BCUT2D eigenvalue weighted by atomic mass is 9.88. The lowest BCUT2D eigenvalue weighted by molar-refractivity contribution is 0.205. The molecule has 2 nitrogen and oxygen atoms in total. The van der Waals surface area contributed by atoms with Crippen LogP contribution in [-0.4, -0.2) is 12.6 Å². The maximum atomic E-state index is 6.03. The van der Waals surface area contributed by atoms with Crippen LogP contribution in [-0.2, 0) is 0 Å². The third-order valence-electron chi connectivity index (χ3n) is 2.68. The van der Waals surface area contributed by atoms with Crippen molar-refractivity contribution < 1.29 is 4.74 Å². The number of halogens is 1. The monoisotopic (exact) mass is 241 g/mol. The fourth-order valence-electron chi connectivity index (χ4n) is 1.16. The fourth-order valence-corrected chi connectivity index (χ4v) is 1.32. The van der Waals surface area contributed by atoms with Crippen molar-refractivity contribution in [3.63, 3.8) is 0 Å². The summed E-state index contributed by atoms with van der Waals surface area (Å²) in [6, 6.07) is 5.63. The number of nitrogens with two attached hydrogens (primary N) is 1. The smallest absolute Gasteiger partial charge is 0.123 e. The molecule has 1 atom stereocenters. The van der Waals surface area contributed by atoms with Gasteiger partial charge in [0.1, 0.15) is 12.4 Å². The van der Waals surface area contributed by atoms with E-state index < -0.39 is 0 Å². The average Bonchev–Trinajstić information content (AvgIpc) is 2.17. The first kappa shape index (κ1) is 13.3. The molecule has 0 spiro atoms. The zero-order valence-corrected chi connectivity index (χ0v) is 11.1. The van der Waals surface area contributed by atoms with Gasteiger partial charge in [-0.25, -0.2) is 0 Å². The SMILES string of the molecule is Cc1ccc(Cl)cc1OCC(N)C(C)(C)C. The van der Waals surface area contributed by atoms with Gasteiger partial charge in [-0.15, -0.1) is 0 Å². The molecule has 90 valence electrons.